The van der Waals surface area contributed by atoms with Crippen LogP contribution in [0, 0.1) is 17.5 Å². The number of halogens is 4. The first-order valence-electron chi connectivity index (χ1n) is 7.87. The summed E-state index contributed by atoms with van der Waals surface area (Å²) in [6, 6.07) is 1.70. The van der Waals surface area contributed by atoms with E-state index in [1.807, 2.05) is 0 Å². The maximum absolute atomic E-state index is 14.8. The zero-order valence-electron chi connectivity index (χ0n) is 14.2. The molecule has 0 amide bonds. The number of benzene rings is 1. The number of fused-ring (bicyclic) bond motifs is 1. The molecule has 0 aliphatic heterocycles. The van der Waals surface area contributed by atoms with Crippen LogP contribution in [-0.4, -0.2) is 35.1 Å². The third-order valence-corrected chi connectivity index (χ3v) is 5.62. The Balaban J connectivity index is 2.14. The molecule has 0 aliphatic rings. The Labute approximate surface area is 165 Å². The molecular formula is C16H12BrF3N4O3S. The van der Waals surface area contributed by atoms with Gasteiger partial charge in [-0.05, 0) is 28.4 Å². The maximum atomic E-state index is 14.8. The molecule has 2 aromatic heterocycles. The summed E-state index contributed by atoms with van der Waals surface area (Å²) < 4.78 is 69.0. The molecule has 28 heavy (non-hydrogen) atoms. The van der Waals surface area contributed by atoms with E-state index in [2.05, 4.69) is 31.1 Å². The summed E-state index contributed by atoms with van der Waals surface area (Å²) in [6.45, 7) is 1.56. The lowest BCUT2D eigenvalue weighted by molar-refractivity contribution is 0.102. The predicted octanol–water partition coefficient (Wildman–Crippen LogP) is 3.52. The molecule has 7 nitrogen and oxygen atoms in total. The number of hydrogen-bond acceptors (Lipinski definition) is 5. The summed E-state index contributed by atoms with van der Waals surface area (Å²) in [5, 5.41) is 6.36. The highest BCUT2D eigenvalue weighted by Gasteiger charge is 2.29. The number of nitrogens with zero attached hydrogens (tertiary/aromatic N) is 2. The van der Waals surface area contributed by atoms with Gasteiger partial charge in [-0.2, -0.15) is 5.10 Å². The Bertz CT molecular complexity index is 1200. The number of carbonyl (C=O) groups is 1. The summed E-state index contributed by atoms with van der Waals surface area (Å²) in [5.41, 5.74) is -2.42. The van der Waals surface area contributed by atoms with Crippen LogP contribution >= 0.6 is 15.9 Å². The van der Waals surface area contributed by atoms with Crippen LogP contribution in [0.3, 0.4) is 0 Å². The fourth-order valence-corrected chi connectivity index (χ4v) is 4.01. The second-order valence-corrected chi connectivity index (χ2v) is 8.53. The molecule has 0 unspecified atom stereocenters. The monoisotopic (exact) mass is 476 g/mol. The van der Waals surface area contributed by atoms with Gasteiger partial charge in [0.1, 0.15) is 17.2 Å². The van der Waals surface area contributed by atoms with E-state index in [1.54, 1.807) is 11.6 Å². The summed E-state index contributed by atoms with van der Waals surface area (Å²) in [6.07, 6.45) is 1.61. The minimum absolute atomic E-state index is 0.176. The van der Waals surface area contributed by atoms with Crippen molar-refractivity contribution in [3.05, 3.63) is 51.5 Å². The van der Waals surface area contributed by atoms with Crippen LogP contribution in [0.5, 0.6) is 0 Å². The van der Waals surface area contributed by atoms with Crippen LogP contribution < -0.4 is 4.72 Å². The summed E-state index contributed by atoms with van der Waals surface area (Å²) >= 11 is 3.16. The molecule has 0 fully saturated rings. The highest BCUT2D eigenvalue weighted by atomic mass is 79.9. The van der Waals surface area contributed by atoms with Gasteiger partial charge in [-0.1, -0.05) is 6.92 Å². The van der Waals surface area contributed by atoms with Crippen molar-refractivity contribution in [2.45, 2.75) is 13.3 Å². The molecule has 1 aromatic carbocycles. The quantitative estimate of drug-likeness (QED) is 0.529. The molecule has 0 radical (unpaired) electrons. The number of aromatic amines is 1. The maximum Gasteiger partial charge on any atom is 0.232 e. The fourth-order valence-electron chi connectivity index (χ4n) is 2.54. The number of rotatable bonds is 6. The van der Waals surface area contributed by atoms with Crippen molar-refractivity contribution in [2.24, 2.45) is 0 Å². The normalized spacial score (nSPS) is 11.8. The molecule has 3 rings (SSSR count). The van der Waals surface area contributed by atoms with E-state index < -0.39 is 50.3 Å². The standard InChI is InChI=1S/C16H12BrF3N4O3S/c1-2-3-28(26,27)24-14-10(19)5-9(18)11(12(14)20)15(25)13-8-4-7(17)6-21-16(8)23-22-13/h4-6,24H,2-3H2,1H3,(H,21,22,23). The Kier molecular flexibility index (Phi) is 5.44. The van der Waals surface area contributed by atoms with Gasteiger partial charge in [0.05, 0.1) is 16.7 Å². The number of sulfonamides is 1. The molecule has 0 aliphatic carbocycles. The van der Waals surface area contributed by atoms with Crippen molar-refractivity contribution >= 4 is 48.5 Å². The third-order valence-electron chi connectivity index (χ3n) is 3.73. The first kappa shape index (κ1) is 20.3. The van der Waals surface area contributed by atoms with E-state index in [9.17, 15) is 26.4 Å². The number of carbonyl (C=O) groups excluding carboxylic acids is 1. The Morgan fingerprint density at radius 2 is 1.96 bits per heavy atom. The van der Waals surface area contributed by atoms with Crippen LogP contribution in [-0.2, 0) is 10.0 Å². The van der Waals surface area contributed by atoms with Crippen molar-refractivity contribution in [3.63, 3.8) is 0 Å². The Morgan fingerprint density at radius 1 is 1.25 bits per heavy atom. The zero-order valence-corrected chi connectivity index (χ0v) is 16.6. The van der Waals surface area contributed by atoms with Gasteiger partial charge in [0.25, 0.3) is 0 Å². The Morgan fingerprint density at radius 3 is 2.64 bits per heavy atom. The second-order valence-electron chi connectivity index (χ2n) is 5.78. The Hall–Kier alpha value is -2.47. The molecule has 148 valence electrons. The van der Waals surface area contributed by atoms with Crippen LogP contribution in [0.25, 0.3) is 11.0 Å². The molecule has 3 aromatic rings. The van der Waals surface area contributed by atoms with Gasteiger partial charge in [0.2, 0.25) is 15.8 Å². The van der Waals surface area contributed by atoms with E-state index in [4.69, 9.17) is 0 Å². The van der Waals surface area contributed by atoms with Crippen LogP contribution in [0.15, 0.2) is 22.8 Å². The fraction of sp³-hybridized carbons (Fsp3) is 0.188. The molecule has 0 spiro atoms. The van der Waals surface area contributed by atoms with Crippen LogP contribution in [0.1, 0.15) is 29.4 Å². The van der Waals surface area contributed by atoms with E-state index in [-0.39, 0.29) is 29.2 Å². The number of ketones is 1. The van der Waals surface area contributed by atoms with Crippen molar-refractivity contribution in [1.29, 1.82) is 0 Å². The van der Waals surface area contributed by atoms with Crippen LogP contribution in [0.2, 0.25) is 0 Å². The molecule has 2 N–H and O–H groups in total. The van der Waals surface area contributed by atoms with Gasteiger partial charge < -0.3 is 0 Å². The number of anilines is 1. The van der Waals surface area contributed by atoms with Crippen molar-refractivity contribution < 1.29 is 26.4 Å². The predicted molar refractivity (Wildman–Crippen MR) is 99.0 cm³/mol. The highest BCUT2D eigenvalue weighted by molar-refractivity contribution is 9.10. The van der Waals surface area contributed by atoms with Crippen molar-refractivity contribution in [3.8, 4) is 0 Å². The zero-order chi connectivity index (χ0) is 20.6. The smallest absolute Gasteiger partial charge is 0.232 e. The lowest BCUT2D eigenvalue weighted by Crippen LogP contribution is -2.20. The minimum Gasteiger partial charge on any atom is -0.287 e. The van der Waals surface area contributed by atoms with Gasteiger partial charge in [-0.15, -0.1) is 0 Å². The van der Waals surface area contributed by atoms with Gasteiger partial charge in [0.15, 0.2) is 17.3 Å². The lowest BCUT2D eigenvalue weighted by atomic mass is 10.0. The molecule has 0 saturated carbocycles. The van der Waals surface area contributed by atoms with Gasteiger partial charge >= 0.3 is 0 Å². The average molecular weight is 477 g/mol. The van der Waals surface area contributed by atoms with E-state index >= 15 is 0 Å². The van der Waals surface area contributed by atoms with Crippen LogP contribution in [0.4, 0.5) is 18.9 Å². The number of pyridine rings is 1. The van der Waals surface area contributed by atoms with Crippen molar-refractivity contribution in [2.75, 3.05) is 10.5 Å². The molecule has 0 atom stereocenters. The molecule has 12 heteroatoms. The first-order chi connectivity index (χ1) is 13.1. The van der Waals surface area contributed by atoms with Gasteiger partial charge in [-0.25, -0.2) is 26.6 Å². The largest absolute Gasteiger partial charge is 0.287 e. The number of aromatic nitrogens is 3. The second kappa shape index (κ2) is 7.51. The SMILES string of the molecule is CCCS(=O)(=O)Nc1c(F)cc(F)c(C(=O)c2n[nH]c3ncc(Br)cc23)c1F. The summed E-state index contributed by atoms with van der Waals surface area (Å²) in [4.78, 5) is 16.7. The first-order valence-corrected chi connectivity index (χ1v) is 10.3. The molecular weight excluding hydrogens is 465 g/mol. The van der Waals surface area contributed by atoms with Gasteiger partial charge in [-0.3, -0.25) is 14.6 Å². The van der Waals surface area contributed by atoms with E-state index in [0.29, 0.717) is 4.47 Å². The van der Waals surface area contributed by atoms with Gasteiger partial charge in [0, 0.05) is 16.7 Å². The topological polar surface area (TPSA) is 105 Å². The lowest BCUT2D eigenvalue weighted by Gasteiger charge is -2.12. The molecule has 0 saturated heterocycles. The number of H-pyrrole nitrogens is 1. The van der Waals surface area contributed by atoms with E-state index in [1.165, 1.54) is 12.3 Å². The summed E-state index contributed by atoms with van der Waals surface area (Å²) in [7, 11) is -4.08. The summed E-state index contributed by atoms with van der Waals surface area (Å²) in [5.74, 6) is -6.24. The van der Waals surface area contributed by atoms with E-state index in [0.717, 1.165) is 0 Å². The highest BCUT2D eigenvalue weighted by Crippen LogP contribution is 2.29. The molecule has 2 heterocycles. The minimum atomic E-state index is -4.08. The molecule has 0 bridgehead atoms. The average Bonchev–Trinajstić information content (AvgIpc) is 3.01. The number of nitrogens with one attached hydrogen (secondary N) is 2. The third kappa shape index (κ3) is 3.74. The number of hydrogen-bond donors (Lipinski definition) is 2. The van der Waals surface area contributed by atoms with Crippen molar-refractivity contribution in [1.82, 2.24) is 15.2 Å².